The number of amides is 1. The number of benzene rings is 2. The van der Waals surface area contributed by atoms with Gasteiger partial charge in [0.15, 0.2) is 0 Å². The number of aliphatic hydroxyl groups excluding tert-OH is 1. The van der Waals surface area contributed by atoms with Gasteiger partial charge in [0, 0.05) is 32.2 Å². The normalized spacial score (nSPS) is 15.1. The maximum absolute atomic E-state index is 11.3. The monoisotopic (exact) mass is 335 g/mol. The molecule has 1 amide bonds. The Balaban J connectivity index is 1.68. The molecule has 2 aromatic rings. The second kappa shape index (κ2) is 7.47. The predicted molar refractivity (Wildman–Crippen MR) is 95.8 cm³/mol. The summed E-state index contributed by atoms with van der Waals surface area (Å²) >= 11 is 0. The molecular formula is C20H21N3O2. The predicted octanol–water partition coefficient (Wildman–Crippen LogP) is 2.61. The van der Waals surface area contributed by atoms with Crippen LogP contribution in [0.2, 0.25) is 0 Å². The van der Waals surface area contributed by atoms with Crippen LogP contribution >= 0.6 is 0 Å². The lowest BCUT2D eigenvalue weighted by Crippen LogP contribution is -2.34. The van der Waals surface area contributed by atoms with Crippen LogP contribution in [-0.2, 0) is 17.8 Å². The molecule has 1 aliphatic heterocycles. The number of nitrogens with one attached hydrogen (secondary N) is 1. The maximum Gasteiger partial charge on any atom is 0.221 e. The summed E-state index contributed by atoms with van der Waals surface area (Å²) in [4.78, 5) is 13.5. The number of aliphatic hydroxyl groups is 1. The number of nitrogens with zero attached hydrogens (tertiary/aromatic N) is 2. The van der Waals surface area contributed by atoms with Crippen molar-refractivity contribution < 1.29 is 9.90 Å². The highest BCUT2D eigenvalue weighted by atomic mass is 16.3. The molecule has 0 aromatic heterocycles. The van der Waals surface area contributed by atoms with Crippen LogP contribution in [0, 0.1) is 11.3 Å². The molecular weight excluding hydrogens is 314 g/mol. The Kier molecular flexibility index (Phi) is 5.13. The van der Waals surface area contributed by atoms with Crippen molar-refractivity contribution in [1.82, 2.24) is 4.90 Å². The summed E-state index contributed by atoms with van der Waals surface area (Å²) in [7, 11) is 0. The number of carbonyl (C=O) groups is 1. The average Bonchev–Trinajstić information content (AvgIpc) is 2.61. The van der Waals surface area contributed by atoms with Crippen molar-refractivity contribution in [2.75, 3.05) is 18.4 Å². The molecule has 0 bridgehead atoms. The third-order valence-electron chi connectivity index (χ3n) is 4.51. The van der Waals surface area contributed by atoms with Crippen molar-refractivity contribution in [3.63, 3.8) is 0 Å². The van der Waals surface area contributed by atoms with Gasteiger partial charge in [-0.15, -0.1) is 0 Å². The second-order valence-electron chi connectivity index (χ2n) is 6.36. The highest BCUT2D eigenvalue weighted by Gasteiger charge is 2.21. The maximum atomic E-state index is 11.3. The van der Waals surface area contributed by atoms with Gasteiger partial charge < -0.3 is 10.4 Å². The number of hydrogen-bond donors (Lipinski definition) is 2. The van der Waals surface area contributed by atoms with E-state index in [9.17, 15) is 9.90 Å². The quantitative estimate of drug-likeness (QED) is 0.900. The van der Waals surface area contributed by atoms with Crippen LogP contribution in [-0.4, -0.2) is 29.0 Å². The molecule has 2 N–H and O–H groups in total. The minimum atomic E-state index is -0.590. The van der Waals surface area contributed by atoms with Gasteiger partial charge in [0.25, 0.3) is 0 Å². The van der Waals surface area contributed by atoms with E-state index >= 15 is 0 Å². The van der Waals surface area contributed by atoms with Crippen LogP contribution in [0.15, 0.2) is 42.5 Å². The number of nitriles is 1. The van der Waals surface area contributed by atoms with Gasteiger partial charge in [-0.05, 0) is 41.3 Å². The van der Waals surface area contributed by atoms with Crippen molar-refractivity contribution in [2.24, 2.45) is 0 Å². The number of fused-ring (bicyclic) bond motifs is 1. The summed E-state index contributed by atoms with van der Waals surface area (Å²) in [5.74, 6) is -0.0629. The van der Waals surface area contributed by atoms with Crippen molar-refractivity contribution in [3.8, 4) is 6.07 Å². The standard InChI is InChI=1S/C20H21N3O2/c1-14(24)22-19-4-2-3-17-12-23(10-9-18(17)19)13-20(25)16-7-5-15(11-21)6-8-16/h2-8,20,25H,9-10,12-13H2,1H3,(H,22,24). The zero-order valence-corrected chi connectivity index (χ0v) is 14.2. The summed E-state index contributed by atoms with van der Waals surface area (Å²) in [6.07, 6.45) is 0.249. The number of β-amino-alcohol motifs (C(OH)–C–C–N with tert-alkyl or cyclic N) is 1. The molecule has 1 unspecified atom stereocenters. The second-order valence-corrected chi connectivity index (χ2v) is 6.36. The van der Waals surface area contributed by atoms with Crippen LogP contribution in [0.25, 0.3) is 0 Å². The summed E-state index contributed by atoms with van der Waals surface area (Å²) in [5.41, 5.74) is 4.66. The van der Waals surface area contributed by atoms with Crippen molar-refractivity contribution in [3.05, 3.63) is 64.7 Å². The van der Waals surface area contributed by atoms with Gasteiger partial charge >= 0.3 is 0 Å². The van der Waals surface area contributed by atoms with Gasteiger partial charge in [0.2, 0.25) is 5.91 Å². The van der Waals surface area contributed by atoms with Crippen LogP contribution in [0.3, 0.4) is 0 Å². The van der Waals surface area contributed by atoms with Gasteiger partial charge in [-0.3, -0.25) is 9.69 Å². The van der Waals surface area contributed by atoms with E-state index < -0.39 is 6.10 Å². The van der Waals surface area contributed by atoms with Crippen molar-refractivity contribution in [1.29, 1.82) is 5.26 Å². The van der Waals surface area contributed by atoms with E-state index in [2.05, 4.69) is 22.4 Å². The van der Waals surface area contributed by atoms with Gasteiger partial charge in [-0.1, -0.05) is 24.3 Å². The zero-order chi connectivity index (χ0) is 17.8. The third kappa shape index (κ3) is 4.05. The van der Waals surface area contributed by atoms with Gasteiger partial charge in [-0.25, -0.2) is 0 Å². The number of anilines is 1. The first-order chi connectivity index (χ1) is 12.1. The Morgan fingerprint density at radius 3 is 2.76 bits per heavy atom. The minimum Gasteiger partial charge on any atom is -0.387 e. The van der Waals surface area contributed by atoms with Gasteiger partial charge in [0.05, 0.1) is 17.7 Å². The molecule has 3 rings (SSSR count). The fourth-order valence-electron chi connectivity index (χ4n) is 3.26. The highest BCUT2D eigenvalue weighted by Crippen LogP contribution is 2.27. The molecule has 0 spiro atoms. The fourth-order valence-corrected chi connectivity index (χ4v) is 3.26. The molecule has 0 saturated heterocycles. The molecule has 0 aliphatic carbocycles. The molecule has 0 fully saturated rings. The fraction of sp³-hybridized carbons (Fsp3) is 0.300. The molecule has 1 heterocycles. The Bertz CT molecular complexity index is 809. The molecule has 1 atom stereocenters. The first-order valence-corrected chi connectivity index (χ1v) is 8.35. The zero-order valence-electron chi connectivity index (χ0n) is 14.2. The molecule has 1 aliphatic rings. The van der Waals surface area contributed by atoms with Crippen LogP contribution in [0.1, 0.15) is 35.3 Å². The molecule has 0 radical (unpaired) electrons. The van der Waals surface area contributed by atoms with Crippen LogP contribution < -0.4 is 5.32 Å². The Morgan fingerprint density at radius 2 is 2.08 bits per heavy atom. The van der Waals surface area contributed by atoms with E-state index in [0.717, 1.165) is 30.8 Å². The largest absolute Gasteiger partial charge is 0.387 e. The minimum absolute atomic E-state index is 0.0629. The lowest BCUT2D eigenvalue weighted by Gasteiger charge is -2.31. The van der Waals surface area contributed by atoms with E-state index in [1.165, 1.54) is 18.1 Å². The Hall–Kier alpha value is -2.68. The molecule has 25 heavy (non-hydrogen) atoms. The van der Waals surface area contributed by atoms with Crippen LogP contribution in [0.5, 0.6) is 0 Å². The number of carbonyl (C=O) groups excluding carboxylic acids is 1. The lowest BCUT2D eigenvalue weighted by molar-refractivity contribution is -0.114. The number of rotatable bonds is 4. The lowest BCUT2D eigenvalue weighted by atomic mass is 9.97. The molecule has 5 heteroatoms. The first kappa shape index (κ1) is 17.2. The van der Waals surface area contributed by atoms with Crippen LogP contribution in [0.4, 0.5) is 5.69 Å². The molecule has 128 valence electrons. The summed E-state index contributed by atoms with van der Waals surface area (Å²) in [5, 5.41) is 22.2. The van der Waals surface area contributed by atoms with Crippen molar-refractivity contribution >= 4 is 11.6 Å². The number of hydrogen-bond acceptors (Lipinski definition) is 4. The first-order valence-electron chi connectivity index (χ1n) is 8.35. The summed E-state index contributed by atoms with van der Waals surface area (Å²) in [6, 6.07) is 15.1. The van der Waals surface area contributed by atoms with Gasteiger partial charge in [-0.2, -0.15) is 5.26 Å². The van der Waals surface area contributed by atoms with E-state index in [0.29, 0.717) is 12.1 Å². The van der Waals surface area contributed by atoms with E-state index in [-0.39, 0.29) is 5.91 Å². The molecule has 5 nitrogen and oxygen atoms in total. The average molecular weight is 335 g/mol. The Morgan fingerprint density at radius 1 is 1.32 bits per heavy atom. The smallest absolute Gasteiger partial charge is 0.221 e. The highest BCUT2D eigenvalue weighted by molar-refractivity contribution is 5.89. The van der Waals surface area contributed by atoms with Crippen molar-refractivity contribution in [2.45, 2.75) is 26.0 Å². The topological polar surface area (TPSA) is 76.4 Å². The van der Waals surface area contributed by atoms with E-state index in [4.69, 9.17) is 5.26 Å². The molecule has 0 saturated carbocycles. The van der Waals surface area contributed by atoms with Gasteiger partial charge in [0.1, 0.15) is 0 Å². The SMILES string of the molecule is CC(=O)Nc1cccc2c1CCN(CC(O)c1ccc(C#N)cc1)C2. The molecule has 2 aromatic carbocycles. The van der Waals surface area contributed by atoms with E-state index in [1.807, 2.05) is 12.1 Å². The summed E-state index contributed by atoms with van der Waals surface area (Å²) in [6.45, 7) is 3.63. The third-order valence-corrected chi connectivity index (χ3v) is 4.51. The summed E-state index contributed by atoms with van der Waals surface area (Å²) < 4.78 is 0. The van der Waals surface area contributed by atoms with E-state index in [1.54, 1.807) is 24.3 Å². The Labute approximate surface area is 147 Å².